The Morgan fingerprint density at radius 3 is 2.70 bits per heavy atom. The van der Waals surface area contributed by atoms with Crippen LogP contribution in [0.2, 0.25) is 0 Å². The van der Waals surface area contributed by atoms with Gasteiger partial charge in [-0.05, 0) is 80.0 Å². The molecule has 6 nitrogen and oxygen atoms in total. The summed E-state index contributed by atoms with van der Waals surface area (Å²) in [5.74, 6) is 5.60. The van der Waals surface area contributed by atoms with E-state index in [1.165, 1.54) is 10.6 Å². The summed E-state index contributed by atoms with van der Waals surface area (Å²) in [6, 6.07) is 11.4. The molecule has 1 aliphatic heterocycles. The lowest BCUT2D eigenvalue weighted by Gasteiger charge is -2.23. The number of nitrogen functional groups attached to an aromatic ring is 1. The zero-order chi connectivity index (χ0) is 21.4. The quantitative estimate of drug-likeness (QED) is 0.306. The molecule has 1 heterocycles. The third-order valence-electron chi connectivity index (χ3n) is 5.94. The van der Waals surface area contributed by atoms with Crippen LogP contribution in [0.3, 0.4) is 0 Å². The van der Waals surface area contributed by atoms with Crippen molar-refractivity contribution in [3.63, 3.8) is 0 Å². The number of nitrogens with one attached hydrogen (secondary N) is 1. The first kappa shape index (κ1) is 19.9. The van der Waals surface area contributed by atoms with Crippen LogP contribution in [0.15, 0.2) is 64.8 Å². The minimum atomic E-state index is -0.113. The van der Waals surface area contributed by atoms with Gasteiger partial charge in [0.15, 0.2) is 0 Å². The fourth-order valence-corrected chi connectivity index (χ4v) is 4.13. The van der Waals surface area contributed by atoms with Crippen molar-refractivity contribution in [1.29, 1.82) is 0 Å². The topological polar surface area (TPSA) is 91.0 Å². The number of nitrogens with two attached hydrogens (primary N) is 1. The highest BCUT2D eigenvalue weighted by molar-refractivity contribution is 6.30. The van der Waals surface area contributed by atoms with E-state index >= 15 is 0 Å². The van der Waals surface area contributed by atoms with Gasteiger partial charge in [-0.1, -0.05) is 30.4 Å². The Hall–Kier alpha value is -3.38. The first-order chi connectivity index (χ1) is 14.4. The number of anilines is 2. The number of carbonyl (C=O) groups excluding carboxylic acids is 1. The molecule has 154 valence electrons. The third-order valence-corrected chi connectivity index (χ3v) is 5.94. The number of aromatic hydroxyl groups is 1. The molecule has 6 heteroatoms. The van der Waals surface area contributed by atoms with Crippen molar-refractivity contribution in [2.45, 2.75) is 39.5 Å². The molecule has 0 fully saturated rings. The van der Waals surface area contributed by atoms with Crippen molar-refractivity contribution in [3.05, 3.63) is 76.4 Å². The number of nitrogens with zero attached hydrogens (tertiary/aromatic N) is 2. The highest BCUT2D eigenvalue weighted by atomic mass is 16.3. The van der Waals surface area contributed by atoms with E-state index in [4.69, 9.17) is 5.84 Å². The van der Waals surface area contributed by atoms with Gasteiger partial charge in [-0.25, -0.2) is 0 Å². The lowest BCUT2D eigenvalue weighted by atomic mass is 9.82. The first-order valence-corrected chi connectivity index (χ1v) is 10.1. The normalized spacial score (nSPS) is 21.2. The summed E-state index contributed by atoms with van der Waals surface area (Å²) in [5.41, 5.74) is 9.20. The van der Waals surface area contributed by atoms with E-state index in [9.17, 15) is 9.90 Å². The van der Waals surface area contributed by atoms with Crippen LogP contribution in [-0.2, 0) is 4.79 Å². The number of carbonyl (C=O) groups is 1. The Labute approximate surface area is 176 Å². The summed E-state index contributed by atoms with van der Waals surface area (Å²) in [6.45, 7) is 5.94. The number of para-hydroxylation sites is 1. The van der Waals surface area contributed by atoms with E-state index < -0.39 is 0 Å². The van der Waals surface area contributed by atoms with Crippen LogP contribution in [0.5, 0.6) is 5.75 Å². The number of allylic oxidation sites excluding steroid dienone is 3. The maximum Gasteiger partial charge on any atom is 0.280 e. The number of hydrogen-bond acceptors (Lipinski definition) is 5. The molecule has 0 saturated heterocycles. The summed E-state index contributed by atoms with van der Waals surface area (Å²) in [5, 5.41) is 16.6. The van der Waals surface area contributed by atoms with Gasteiger partial charge in [0, 0.05) is 0 Å². The average molecular weight is 402 g/mol. The molecule has 0 saturated carbocycles. The maximum atomic E-state index is 13.3. The number of hydrazine groups is 1. The van der Waals surface area contributed by atoms with Gasteiger partial charge in [-0.2, -0.15) is 10.1 Å². The lowest BCUT2D eigenvalue weighted by molar-refractivity contribution is -0.114. The summed E-state index contributed by atoms with van der Waals surface area (Å²) < 4.78 is 0. The summed E-state index contributed by atoms with van der Waals surface area (Å²) >= 11 is 0. The number of rotatable bonds is 3. The van der Waals surface area contributed by atoms with Gasteiger partial charge in [0.05, 0.1) is 22.7 Å². The standard InChI is InChI=1S/C24H26N4O2/c1-14-10-11-19(12-15(14)2)28-24(30)22(16(3)27-28)18-7-4-6-17(13-18)20-8-5-9-21(26-25)23(20)29/h4-5,7-12,17,26,29H,6,13,25H2,1-3H3. The zero-order valence-electron chi connectivity index (χ0n) is 17.4. The number of hydrogen-bond donors (Lipinski definition) is 3. The lowest BCUT2D eigenvalue weighted by Crippen LogP contribution is -2.23. The minimum Gasteiger partial charge on any atom is -0.505 e. The summed E-state index contributed by atoms with van der Waals surface area (Å²) in [7, 11) is 0. The van der Waals surface area contributed by atoms with Gasteiger partial charge in [0.1, 0.15) is 5.75 Å². The van der Waals surface area contributed by atoms with Gasteiger partial charge in [0.2, 0.25) is 0 Å². The van der Waals surface area contributed by atoms with Gasteiger partial charge in [0.25, 0.3) is 5.91 Å². The molecule has 1 aliphatic carbocycles. The Kier molecular flexibility index (Phi) is 5.18. The van der Waals surface area contributed by atoms with Gasteiger partial charge < -0.3 is 10.5 Å². The van der Waals surface area contributed by atoms with Crippen LogP contribution >= 0.6 is 0 Å². The molecular weight excluding hydrogens is 376 g/mol. The van der Waals surface area contributed by atoms with Crippen LogP contribution in [-0.4, -0.2) is 16.7 Å². The molecule has 0 aromatic heterocycles. The predicted molar refractivity (Wildman–Crippen MR) is 121 cm³/mol. The Morgan fingerprint density at radius 2 is 1.97 bits per heavy atom. The molecule has 1 amide bonds. The smallest absolute Gasteiger partial charge is 0.280 e. The highest BCUT2D eigenvalue weighted by Gasteiger charge is 2.33. The molecule has 0 spiro atoms. The van der Waals surface area contributed by atoms with Crippen molar-refractivity contribution in [2.24, 2.45) is 10.9 Å². The van der Waals surface area contributed by atoms with Gasteiger partial charge in [-0.3, -0.25) is 10.6 Å². The second-order valence-corrected chi connectivity index (χ2v) is 7.90. The number of amides is 1. The van der Waals surface area contributed by atoms with E-state index in [0.29, 0.717) is 23.4 Å². The molecule has 4 rings (SSSR count). The number of aryl methyl sites for hydroxylation is 2. The largest absolute Gasteiger partial charge is 0.505 e. The Bertz CT molecular complexity index is 1110. The second-order valence-electron chi connectivity index (χ2n) is 7.90. The van der Waals surface area contributed by atoms with Crippen molar-refractivity contribution < 1.29 is 9.90 Å². The zero-order valence-corrected chi connectivity index (χ0v) is 17.4. The number of phenolic OH excluding ortho intramolecular Hbond substituents is 1. The number of phenols is 1. The molecule has 0 radical (unpaired) electrons. The average Bonchev–Trinajstić information content (AvgIpc) is 3.04. The molecule has 2 aliphatic rings. The van der Waals surface area contributed by atoms with Crippen LogP contribution < -0.4 is 16.3 Å². The van der Waals surface area contributed by atoms with Crippen LogP contribution in [0.1, 0.15) is 42.4 Å². The van der Waals surface area contributed by atoms with Crippen molar-refractivity contribution in [2.75, 3.05) is 10.4 Å². The molecule has 1 atom stereocenters. The van der Waals surface area contributed by atoms with Crippen molar-refractivity contribution in [3.8, 4) is 5.75 Å². The van der Waals surface area contributed by atoms with Gasteiger partial charge >= 0.3 is 0 Å². The van der Waals surface area contributed by atoms with E-state index in [2.05, 4.69) is 16.6 Å². The first-order valence-electron chi connectivity index (χ1n) is 10.1. The number of hydrazone groups is 1. The van der Waals surface area contributed by atoms with E-state index in [1.54, 1.807) is 6.07 Å². The van der Waals surface area contributed by atoms with E-state index in [-0.39, 0.29) is 17.6 Å². The minimum absolute atomic E-state index is 0.0575. The predicted octanol–water partition coefficient (Wildman–Crippen LogP) is 4.45. The van der Waals surface area contributed by atoms with Crippen molar-refractivity contribution in [1.82, 2.24) is 0 Å². The fourth-order valence-electron chi connectivity index (χ4n) is 4.13. The van der Waals surface area contributed by atoms with E-state index in [1.807, 2.05) is 57.2 Å². The van der Waals surface area contributed by atoms with E-state index in [0.717, 1.165) is 28.8 Å². The third kappa shape index (κ3) is 3.39. The fraction of sp³-hybridized carbons (Fsp3) is 0.250. The van der Waals surface area contributed by atoms with Crippen LogP contribution in [0, 0.1) is 13.8 Å². The SMILES string of the molecule is CC1=NN(c2ccc(C)c(C)c2)C(=O)C1=C1C=CCC(c2cccc(NN)c2O)C1. The van der Waals surface area contributed by atoms with Crippen LogP contribution in [0.25, 0.3) is 0 Å². The Morgan fingerprint density at radius 1 is 1.17 bits per heavy atom. The second kappa shape index (κ2) is 7.80. The number of benzene rings is 2. The molecular formula is C24H26N4O2. The molecule has 2 aromatic rings. The summed E-state index contributed by atoms with van der Waals surface area (Å²) in [6.07, 6.45) is 5.49. The molecule has 1 unspecified atom stereocenters. The maximum absolute atomic E-state index is 13.3. The molecule has 30 heavy (non-hydrogen) atoms. The van der Waals surface area contributed by atoms with Gasteiger partial charge in [-0.15, -0.1) is 0 Å². The summed E-state index contributed by atoms with van der Waals surface area (Å²) in [4.78, 5) is 13.3. The Balaban J connectivity index is 1.67. The van der Waals surface area contributed by atoms with Crippen LogP contribution in [0.4, 0.5) is 11.4 Å². The highest BCUT2D eigenvalue weighted by Crippen LogP contribution is 2.41. The molecule has 0 bridgehead atoms. The molecule has 2 aromatic carbocycles. The van der Waals surface area contributed by atoms with Crippen molar-refractivity contribution >= 4 is 23.0 Å². The molecule has 4 N–H and O–H groups in total. The monoisotopic (exact) mass is 402 g/mol.